The normalized spacial score (nSPS) is 19.2. The van der Waals surface area contributed by atoms with Gasteiger partial charge in [-0.2, -0.15) is 5.10 Å². The summed E-state index contributed by atoms with van der Waals surface area (Å²) < 4.78 is 29.9. The highest BCUT2D eigenvalue weighted by atomic mass is 19.1. The van der Waals surface area contributed by atoms with Crippen LogP contribution in [0.25, 0.3) is 5.65 Å². The Morgan fingerprint density at radius 3 is 2.88 bits per heavy atom. The van der Waals surface area contributed by atoms with E-state index in [0.717, 1.165) is 19.3 Å². The summed E-state index contributed by atoms with van der Waals surface area (Å²) >= 11 is 0. The molecule has 0 spiro atoms. The molecule has 3 atom stereocenters. The molecule has 3 unspecified atom stereocenters. The quantitative estimate of drug-likeness (QED) is 0.396. The van der Waals surface area contributed by atoms with Crippen molar-refractivity contribution in [1.82, 2.24) is 24.9 Å². The Hall–Kier alpha value is -3.34. The maximum absolute atomic E-state index is 14.5. The van der Waals surface area contributed by atoms with Crippen molar-refractivity contribution in [3.05, 3.63) is 42.1 Å². The van der Waals surface area contributed by atoms with Gasteiger partial charge in [0, 0.05) is 24.4 Å². The third-order valence-corrected chi connectivity index (χ3v) is 6.00. The lowest BCUT2D eigenvalue weighted by Crippen LogP contribution is -2.42. The number of amides is 1. The van der Waals surface area contributed by atoms with Crippen LogP contribution >= 0.6 is 0 Å². The average molecular weight is 474 g/mol. The van der Waals surface area contributed by atoms with Crippen LogP contribution in [0.1, 0.15) is 50.4 Å². The van der Waals surface area contributed by atoms with Crippen molar-refractivity contribution in [2.24, 2.45) is 5.92 Å². The third kappa shape index (κ3) is 5.41. The summed E-state index contributed by atoms with van der Waals surface area (Å²) in [5, 5.41) is 22.5. The number of anilines is 3. The van der Waals surface area contributed by atoms with E-state index in [1.54, 1.807) is 12.1 Å². The number of carbonyl (C=O) groups is 1. The number of rotatable bonds is 8. The Morgan fingerprint density at radius 1 is 1.38 bits per heavy atom. The number of hydrogen-bond acceptors (Lipinski definition) is 7. The fraction of sp³-hybridized carbons (Fsp3) is 0.478. The summed E-state index contributed by atoms with van der Waals surface area (Å²) in [6.45, 7) is 4.51. The van der Waals surface area contributed by atoms with Crippen LogP contribution in [0.5, 0.6) is 0 Å². The second-order valence-corrected chi connectivity index (χ2v) is 9.40. The number of alkyl halides is 1. The van der Waals surface area contributed by atoms with Gasteiger partial charge in [-0.1, -0.05) is 6.92 Å². The van der Waals surface area contributed by atoms with Gasteiger partial charge in [-0.05, 0) is 39.0 Å². The molecule has 182 valence electrons. The Labute approximate surface area is 196 Å². The number of hydrogen-bond donors (Lipinski definition) is 4. The summed E-state index contributed by atoms with van der Waals surface area (Å²) in [7, 11) is 0. The molecule has 3 heterocycles. The highest BCUT2D eigenvalue weighted by Crippen LogP contribution is 2.30. The van der Waals surface area contributed by atoms with Gasteiger partial charge in [-0.3, -0.25) is 4.79 Å². The second-order valence-electron chi connectivity index (χ2n) is 9.40. The lowest BCUT2D eigenvalue weighted by atomic mass is 10.0. The van der Waals surface area contributed by atoms with Gasteiger partial charge in [-0.15, -0.1) is 0 Å². The summed E-state index contributed by atoms with van der Waals surface area (Å²) in [4.78, 5) is 21.3. The molecule has 1 saturated carbocycles. The minimum atomic E-state index is -1.63. The van der Waals surface area contributed by atoms with Crippen LogP contribution in [0.2, 0.25) is 0 Å². The van der Waals surface area contributed by atoms with Crippen molar-refractivity contribution in [3.8, 4) is 0 Å². The number of pyridine rings is 1. The van der Waals surface area contributed by atoms with E-state index in [4.69, 9.17) is 0 Å². The van der Waals surface area contributed by atoms with E-state index >= 15 is 0 Å². The molecule has 1 aliphatic carbocycles. The molecular formula is C23H29F2N7O2. The molecule has 0 aromatic carbocycles. The van der Waals surface area contributed by atoms with Crippen molar-refractivity contribution in [2.45, 2.75) is 57.8 Å². The van der Waals surface area contributed by atoms with Gasteiger partial charge in [-0.25, -0.2) is 23.3 Å². The number of carbonyl (C=O) groups excluding carboxylic acids is 1. The molecule has 0 saturated heterocycles. The fourth-order valence-electron chi connectivity index (χ4n) is 3.95. The van der Waals surface area contributed by atoms with E-state index in [1.165, 1.54) is 37.0 Å². The molecule has 9 nitrogen and oxygen atoms in total. The van der Waals surface area contributed by atoms with E-state index in [2.05, 4.69) is 37.9 Å². The lowest BCUT2D eigenvalue weighted by molar-refractivity contribution is -0.00177. The first-order chi connectivity index (χ1) is 16.1. The van der Waals surface area contributed by atoms with E-state index in [-0.39, 0.29) is 24.0 Å². The van der Waals surface area contributed by atoms with Gasteiger partial charge in [0.25, 0.3) is 5.91 Å². The molecule has 0 bridgehead atoms. The van der Waals surface area contributed by atoms with Crippen molar-refractivity contribution in [3.63, 3.8) is 0 Å². The Kier molecular flexibility index (Phi) is 6.65. The second kappa shape index (κ2) is 9.49. The predicted octanol–water partition coefficient (Wildman–Crippen LogP) is 3.45. The third-order valence-electron chi connectivity index (χ3n) is 6.00. The first-order valence-corrected chi connectivity index (χ1v) is 11.3. The molecule has 3 aromatic heterocycles. The molecule has 3 aromatic rings. The maximum Gasteiger partial charge on any atom is 0.255 e. The molecule has 34 heavy (non-hydrogen) atoms. The van der Waals surface area contributed by atoms with Crippen LogP contribution in [0.4, 0.5) is 26.1 Å². The SMILES string of the molecule is CC1CCC(Nc2cc(Nc3nc4ccnn4cc3F)ncc2C(=O)NCC(F)C(C)(C)O)C1. The van der Waals surface area contributed by atoms with Crippen LogP contribution in [0.15, 0.2) is 30.7 Å². The summed E-state index contributed by atoms with van der Waals surface area (Å²) in [5.41, 5.74) is -0.384. The number of nitrogens with one attached hydrogen (secondary N) is 3. The Morgan fingerprint density at radius 2 is 2.18 bits per heavy atom. The zero-order valence-electron chi connectivity index (χ0n) is 19.3. The number of aromatic nitrogens is 4. The molecule has 1 amide bonds. The average Bonchev–Trinajstić information content (AvgIpc) is 3.39. The fourth-order valence-corrected chi connectivity index (χ4v) is 3.95. The van der Waals surface area contributed by atoms with E-state index in [1.807, 2.05) is 0 Å². The maximum atomic E-state index is 14.5. The molecular weight excluding hydrogens is 444 g/mol. The summed E-state index contributed by atoms with van der Waals surface area (Å²) in [6, 6.07) is 3.42. The highest BCUT2D eigenvalue weighted by molar-refractivity contribution is 5.99. The number of halogens is 2. The predicted molar refractivity (Wildman–Crippen MR) is 124 cm³/mol. The lowest BCUT2D eigenvalue weighted by Gasteiger charge is -2.23. The van der Waals surface area contributed by atoms with Crippen LogP contribution in [0.3, 0.4) is 0 Å². The first-order valence-electron chi connectivity index (χ1n) is 11.3. The first kappa shape index (κ1) is 23.8. The number of aliphatic hydroxyl groups is 1. The van der Waals surface area contributed by atoms with Gasteiger partial charge in [0.1, 0.15) is 12.0 Å². The van der Waals surface area contributed by atoms with E-state index < -0.39 is 23.5 Å². The van der Waals surface area contributed by atoms with Crippen molar-refractivity contribution >= 4 is 28.9 Å². The zero-order chi connectivity index (χ0) is 24.5. The monoisotopic (exact) mass is 473 g/mol. The van der Waals surface area contributed by atoms with Crippen LogP contribution < -0.4 is 16.0 Å². The van der Waals surface area contributed by atoms with Gasteiger partial charge in [0.2, 0.25) is 0 Å². The van der Waals surface area contributed by atoms with Crippen LogP contribution in [-0.4, -0.2) is 55.0 Å². The molecule has 0 aliphatic heterocycles. The van der Waals surface area contributed by atoms with Gasteiger partial charge in [0.15, 0.2) is 17.3 Å². The van der Waals surface area contributed by atoms with Gasteiger partial charge < -0.3 is 21.1 Å². The zero-order valence-corrected chi connectivity index (χ0v) is 19.3. The van der Waals surface area contributed by atoms with Gasteiger partial charge in [0.05, 0.1) is 35.8 Å². The smallest absolute Gasteiger partial charge is 0.255 e. The number of nitrogens with zero attached hydrogens (tertiary/aromatic N) is 4. The number of fused-ring (bicyclic) bond motifs is 1. The molecule has 1 fully saturated rings. The molecule has 11 heteroatoms. The highest BCUT2D eigenvalue weighted by Gasteiger charge is 2.28. The van der Waals surface area contributed by atoms with E-state index in [9.17, 15) is 18.7 Å². The van der Waals surface area contributed by atoms with E-state index in [0.29, 0.717) is 23.1 Å². The van der Waals surface area contributed by atoms with Crippen LogP contribution in [-0.2, 0) is 0 Å². The Bertz CT molecular complexity index is 1180. The largest absolute Gasteiger partial charge is 0.387 e. The molecule has 1 aliphatic rings. The van der Waals surface area contributed by atoms with Gasteiger partial charge >= 0.3 is 0 Å². The summed E-state index contributed by atoms with van der Waals surface area (Å²) in [5.74, 6) is -0.304. The van der Waals surface area contributed by atoms with Crippen molar-refractivity contribution in [1.29, 1.82) is 0 Å². The van der Waals surface area contributed by atoms with Crippen LogP contribution in [0, 0.1) is 11.7 Å². The van der Waals surface area contributed by atoms with Crippen molar-refractivity contribution < 1.29 is 18.7 Å². The topological polar surface area (TPSA) is 116 Å². The molecule has 0 radical (unpaired) electrons. The molecule has 4 N–H and O–H groups in total. The standard InChI is InChI=1S/C23H29F2N7O2/c1-13-4-5-14(8-13)29-17-9-19(30-21-16(24)12-32-20(31-21)6-7-28-32)26-10-15(17)22(33)27-11-18(25)23(2,3)34/h6-7,9-10,12-14,18,34H,4-5,8,11H2,1-3H3,(H,27,33)(H2,26,29,30,31). The molecule has 4 rings (SSSR count). The Balaban J connectivity index is 1.58. The summed E-state index contributed by atoms with van der Waals surface area (Å²) in [6.07, 6.45) is 5.42. The van der Waals surface area contributed by atoms with Crippen molar-refractivity contribution in [2.75, 3.05) is 17.2 Å². The minimum Gasteiger partial charge on any atom is -0.387 e. The minimum absolute atomic E-state index is 0.0245.